The van der Waals surface area contributed by atoms with E-state index in [-0.39, 0.29) is 18.1 Å². The molecule has 10 heavy (non-hydrogen) atoms. The topological polar surface area (TPSA) is 49.3 Å². The molecular weight excluding hydrogens is 130 g/mol. The lowest BCUT2D eigenvalue weighted by Crippen LogP contribution is -2.44. The highest BCUT2D eigenvalue weighted by Gasteiger charge is 2.34. The summed E-state index contributed by atoms with van der Waals surface area (Å²) < 4.78 is 0. The first-order valence-electron chi connectivity index (χ1n) is 3.64. The van der Waals surface area contributed by atoms with Crippen molar-refractivity contribution in [1.82, 2.24) is 5.32 Å². The molecule has 1 aliphatic heterocycles. The smallest absolute Gasteiger partial charge is 0.220 e. The Balaban J connectivity index is 2.59. The molecule has 1 aliphatic rings. The van der Waals surface area contributed by atoms with Gasteiger partial charge >= 0.3 is 0 Å². The second-order valence-electron chi connectivity index (χ2n) is 2.84. The summed E-state index contributed by atoms with van der Waals surface area (Å²) in [4.78, 5) is 10.8. The SMILES string of the molecule is CC[C@]1(CO)CCC(=O)N1. The first-order valence-corrected chi connectivity index (χ1v) is 3.64. The van der Waals surface area contributed by atoms with Gasteiger partial charge in [0.25, 0.3) is 0 Å². The molecule has 0 unspecified atom stereocenters. The molecule has 2 N–H and O–H groups in total. The molecule has 1 atom stereocenters. The van der Waals surface area contributed by atoms with Gasteiger partial charge in [0, 0.05) is 6.42 Å². The number of rotatable bonds is 2. The van der Waals surface area contributed by atoms with Crippen LogP contribution in [-0.2, 0) is 4.79 Å². The van der Waals surface area contributed by atoms with E-state index in [2.05, 4.69) is 5.32 Å². The van der Waals surface area contributed by atoms with Crippen molar-refractivity contribution in [2.45, 2.75) is 31.7 Å². The van der Waals surface area contributed by atoms with Gasteiger partial charge in [-0.25, -0.2) is 0 Å². The maximum Gasteiger partial charge on any atom is 0.220 e. The van der Waals surface area contributed by atoms with Crippen LogP contribution >= 0.6 is 0 Å². The molecule has 0 aromatic heterocycles. The first-order chi connectivity index (χ1) is 4.72. The number of carbonyl (C=O) groups excluding carboxylic acids is 1. The summed E-state index contributed by atoms with van der Waals surface area (Å²) in [5.74, 6) is 0.0656. The van der Waals surface area contributed by atoms with Crippen LogP contribution in [0.1, 0.15) is 26.2 Å². The lowest BCUT2D eigenvalue weighted by atomic mass is 9.96. The molecule has 0 aromatic carbocycles. The average Bonchev–Trinajstić information content (AvgIpc) is 2.33. The van der Waals surface area contributed by atoms with Crippen molar-refractivity contribution in [1.29, 1.82) is 0 Å². The summed E-state index contributed by atoms with van der Waals surface area (Å²) in [6.45, 7) is 2.04. The highest BCUT2D eigenvalue weighted by Crippen LogP contribution is 2.22. The van der Waals surface area contributed by atoms with Crippen molar-refractivity contribution < 1.29 is 9.90 Å². The minimum absolute atomic E-state index is 0.0647. The lowest BCUT2D eigenvalue weighted by Gasteiger charge is -2.24. The zero-order valence-electron chi connectivity index (χ0n) is 6.18. The zero-order valence-corrected chi connectivity index (χ0v) is 6.18. The van der Waals surface area contributed by atoms with Crippen LogP contribution in [0.25, 0.3) is 0 Å². The van der Waals surface area contributed by atoms with Crippen LogP contribution in [-0.4, -0.2) is 23.2 Å². The van der Waals surface area contributed by atoms with Crippen LogP contribution in [0, 0.1) is 0 Å². The molecule has 1 heterocycles. The van der Waals surface area contributed by atoms with Gasteiger partial charge in [0.15, 0.2) is 0 Å². The number of amides is 1. The molecule has 1 fully saturated rings. The fourth-order valence-corrected chi connectivity index (χ4v) is 1.27. The predicted octanol–water partition coefficient (Wildman–Crippen LogP) is 0.0375. The Morgan fingerprint density at radius 2 is 2.50 bits per heavy atom. The van der Waals surface area contributed by atoms with Crippen molar-refractivity contribution in [2.75, 3.05) is 6.61 Å². The zero-order chi connectivity index (χ0) is 7.61. The summed E-state index contributed by atoms with van der Waals surface area (Å²) >= 11 is 0. The van der Waals surface area contributed by atoms with E-state index in [1.807, 2.05) is 6.92 Å². The van der Waals surface area contributed by atoms with Crippen LogP contribution in [0.5, 0.6) is 0 Å². The molecule has 0 spiro atoms. The lowest BCUT2D eigenvalue weighted by molar-refractivity contribution is -0.120. The van der Waals surface area contributed by atoms with Gasteiger partial charge < -0.3 is 10.4 Å². The van der Waals surface area contributed by atoms with E-state index in [4.69, 9.17) is 5.11 Å². The normalized spacial score (nSPS) is 32.4. The van der Waals surface area contributed by atoms with E-state index in [1.54, 1.807) is 0 Å². The Morgan fingerprint density at radius 3 is 2.70 bits per heavy atom. The van der Waals surface area contributed by atoms with Gasteiger partial charge in [0.1, 0.15) is 0 Å². The number of aliphatic hydroxyl groups excluding tert-OH is 1. The van der Waals surface area contributed by atoms with Crippen molar-refractivity contribution in [3.8, 4) is 0 Å². The Labute approximate surface area is 60.4 Å². The van der Waals surface area contributed by atoms with E-state index < -0.39 is 0 Å². The third-order valence-corrected chi connectivity index (χ3v) is 2.21. The summed E-state index contributed by atoms with van der Waals surface area (Å²) in [5, 5.41) is 11.7. The molecule has 3 heteroatoms. The summed E-state index contributed by atoms with van der Waals surface area (Å²) in [7, 11) is 0. The van der Waals surface area contributed by atoms with E-state index >= 15 is 0 Å². The summed E-state index contributed by atoms with van der Waals surface area (Å²) in [5.41, 5.74) is -0.295. The van der Waals surface area contributed by atoms with Crippen molar-refractivity contribution in [3.05, 3.63) is 0 Å². The number of hydrogen-bond acceptors (Lipinski definition) is 2. The average molecular weight is 143 g/mol. The molecule has 3 nitrogen and oxygen atoms in total. The Hall–Kier alpha value is -0.570. The Kier molecular flexibility index (Phi) is 1.94. The largest absolute Gasteiger partial charge is 0.394 e. The monoisotopic (exact) mass is 143 g/mol. The minimum Gasteiger partial charge on any atom is -0.394 e. The Morgan fingerprint density at radius 1 is 1.80 bits per heavy atom. The number of hydrogen-bond donors (Lipinski definition) is 2. The molecule has 0 saturated carbocycles. The van der Waals surface area contributed by atoms with Crippen molar-refractivity contribution in [3.63, 3.8) is 0 Å². The second-order valence-corrected chi connectivity index (χ2v) is 2.84. The Bertz CT molecular complexity index is 141. The van der Waals surface area contributed by atoms with Crippen LogP contribution in [0.3, 0.4) is 0 Å². The van der Waals surface area contributed by atoms with Crippen LogP contribution in [0.4, 0.5) is 0 Å². The molecule has 1 rings (SSSR count). The van der Waals surface area contributed by atoms with E-state index in [1.165, 1.54) is 0 Å². The fourth-order valence-electron chi connectivity index (χ4n) is 1.27. The molecule has 0 aliphatic carbocycles. The predicted molar refractivity (Wildman–Crippen MR) is 37.5 cm³/mol. The van der Waals surface area contributed by atoms with Crippen molar-refractivity contribution >= 4 is 5.91 Å². The van der Waals surface area contributed by atoms with Crippen LogP contribution < -0.4 is 5.32 Å². The van der Waals surface area contributed by atoms with Crippen molar-refractivity contribution in [2.24, 2.45) is 0 Å². The molecule has 0 bridgehead atoms. The van der Waals surface area contributed by atoms with E-state index in [0.717, 1.165) is 12.8 Å². The van der Waals surface area contributed by atoms with E-state index in [9.17, 15) is 4.79 Å². The molecule has 0 radical (unpaired) electrons. The molecule has 0 aromatic rings. The van der Waals surface area contributed by atoms with Gasteiger partial charge in [-0.1, -0.05) is 6.92 Å². The van der Waals surface area contributed by atoms with Gasteiger partial charge in [-0.2, -0.15) is 0 Å². The fraction of sp³-hybridized carbons (Fsp3) is 0.857. The standard InChI is InChI=1S/C7H13NO2/c1-2-7(5-9)4-3-6(10)8-7/h9H,2-5H2,1H3,(H,8,10)/t7-/m1/s1. The van der Waals surface area contributed by atoms with E-state index in [0.29, 0.717) is 6.42 Å². The molecule has 1 amide bonds. The second kappa shape index (κ2) is 2.58. The van der Waals surface area contributed by atoms with Crippen LogP contribution in [0.15, 0.2) is 0 Å². The van der Waals surface area contributed by atoms with Crippen LogP contribution in [0.2, 0.25) is 0 Å². The quantitative estimate of drug-likeness (QED) is 0.573. The minimum atomic E-state index is -0.295. The summed E-state index contributed by atoms with van der Waals surface area (Å²) in [6.07, 6.45) is 2.16. The third kappa shape index (κ3) is 1.14. The number of nitrogens with one attached hydrogen (secondary N) is 1. The van der Waals surface area contributed by atoms with Gasteiger partial charge in [-0.05, 0) is 12.8 Å². The molecule has 1 saturated heterocycles. The maximum atomic E-state index is 10.8. The van der Waals surface area contributed by atoms with Gasteiger partial charge in [0.05, 0.1) is 12.1 Å². The maximum absolute atomic E-state index is 10.8. The first kappa shape index (κ1) is 7.54. The highest BCUT2D eigenvalue weighted by molar-refractivity contribution is 5.79. The van der Waals surface area contributed by atoms with Gasteiger partial charge in [0.2, 0.25) is 5.91 Å². The summed E-state index contributed by atoms with van der Waals surface area (Å²) in [6, 6.07) is 0. The number of carbonyl (C=O) groups is 1. The number of aliphatic hydroxyl groups is 1. The van der Waals surface area contributed by atoms with Gasteiger partial charge in [-0.15, -0.1) is 0 Å². The highest BCUT2D eigenvalue weighted by atomic mass is 16.3. The van der Waals surface area contributed by atoms with Gasteiger partial charge in [-0.3, -0.25) is 4.79 Å². The molecular formula is C7H13NO2. The third-order valence-electron chi connectivity index (χ3n) is 2.21. The molecule has 58 valence electrons.